The largest absolute Gasteiger partial charge is 0.383 e. The molecule has 78 valence electrons. The Hall–Kier alpha value is -0.120. The van der Waals surface area contributed by atoms with Gasteiger partial charge in [-0.3, -0.25) is 4.90 Å². The Labute approximate surface area is 81.0 Å². The van der Waals surface area contributed by atoms with E-state index in [0.717, 1.165) is 32.7 Å². The Morgan fingerprint density at radius 3 is 2.69 bits per heavy atom. The highest BCUT2D eigenvalue weighted by Gasteiger charge is 2.27. The van der Waals surface area contributed by atoms with Crippen LogP contribution in [0.4, 0.5) is 0 Å². The molecular formula is C10H21NO2. The minimum absolute atomic E-state index is 0.412. The summed E-state index contributed by atoms with van der Waals surface area (Å²) in [6, 6.07) is 0. The van der Waals surface area contributed by atoms with Crippen molar-refractivity contribution in [3.8, 4) is 0 Å². The fourth-order valence-corrected chi connectivity index (χ4v) is 1.44. The number of ether oxygens (including phenoxy) is 2. The second-order valence-electron chi connectivity index (χ2n) is 3.73. The van der Waals surface area contributed by atoms with E-state index in [4.69, 9.17) is 9.47 Å². The number of likely N-dealkylation sites (tertiary alicyclic amines) is 1. The highest BCUT2D eigenvalue weighted by atomic mass is 16.5. The number of hydrogen-bond acceptors (Lipinski definition) is 3. The Morgan fingerprint density at radius 1 is 1.46 bits per heavy atom. The first kappa shape index (κ1) is 11.0. The Kier molecular flexibility index (Phi) is 4.70. The van der Waals surface area contributed by atoms with Crippen molar-refractivity contribution < 1.29 is 9.47 Å². The van der Waals surface area contributed by atoms with Crippen molar-refractivity contribution in [2.45, 2.75) is 32.5 Å². The zero-order chi connectivity index (χ0) is 9.68. The molecule has 0 radical (unpaired) electrons. The molecule has 1 unspecified atom stereocenters. The zero-order valence-corrected chi connectivity index (χ0v) is 8.95. The Balaban J connectivity index is 1.98. The van der Waals surface area contributed by atoms with Crippen LogP contribution in [0.1, 0.15) is 20.3 Å². The number of rotatable bonds is 6. The van der Waals surface area contributed by atoms with Crippen molar-refractivity contribution in [2.24, 2.45) is 0 Å². The topological polar surface area (TPSA) is 21.7 Å². The van der Waals surface area contributed by atoms with Crippen LogP contribution in [-0.2, 0) is 9.47 Å². The lowest BCUT2D eigenvalue weighted by atomic mass is 10.1. The molecule has 13 heavy (non-hydrogen) atoms. The van der Waals surface area contributed by atoms with Gasteiger partial charge >= 0.3 is 0 Å². The Bertz CT molecular complexity index is 135. The molecule has 1 aliphatic rings. The molecule has 0 N–H and O–H groups in total. The van der Waals surface area contributed by atoms with Gasteiger partial charge in [-0.05, 0) is 13.3 Å². The molecule has 3 heteroatoms. The van der Waals surface area contributed by atoms with Gasteiger partial charge in [-0.25, -0.2) is 0 Å². The third-order valence-electron chi connectivity index (χ3n) is 2.53. The van der Waals surface area contributed by atoms with Crippen molar-refractivity contribution in [3.63, 3.8) is 0 Å². The maximum absolute atomic E-state index is 5.76. The highest BCUT2D eigenvalue weighted by molar-refractivity contribution is 4.80. The van der Waals surface area contributed by atoms with E-state index in [-0.39, 0.29) is 0 Å². The van der Waals surface area contributed by atoms with Gasteiger partial charge in [0.25, 0.3) is 0 Å². The molecule has 1 atom stereocenters. The SMILES string of the molecule is CCC(C)OC1CN(CCOC)C1. The molecule has 1 heterocycles. The fraction of sp³-hybridized carbons (Fsp3) is 1.00. The second kappa shape index (κ2) is 5.58. The lowest BCUT2D eigenvalue weighted by Crippen LogP contribution is -2.53. The van der Waals surface area contributed by atoms with Crippen LogP contribution < -0.4 is 0 Å². The van der Waals surface area contributed by atoms with Gasteiger partial charge in [-0.2, -0.15) is 0 Å². The summed E-state index contributed by atoms with van der Waals surface area (Å²) in [5, 5.41) is 0. The van der Waals surface area contributed by atoms with Crippen LogP contribution >= 0.6 is 0 Å². The maximum atomic E-state index is 5.76. The first-order valence-electron chi connectivity index (χ1n) is 5.13. The second-order valence-corrected chi connectivity index (χ2v) is 3.73. The predicted molar refractivity (Wildman–Crippen MR) is 52.9 cm³/mol. The van der Waals surface area contributed by atoms with Crippen LogP contribution in [0, 0.1) is 0 Å². The summed E-state index contributed by atoms with van der Waals surface area (Å²) in [5.74, 6) is 0. The van der Waals surface area contributed by atoms with E-state index >= 15 is 0 Å². The fourth-order valence-electron chi connectivity index (χ4n) is 1.44. The van der Waals surface area contributed by atoms with Gasteiger partial charge in [0.15, 0.2) is 0 Å². The molecule has 1 aliphatic heterocycles. The van der Waals surface area contributed by atoms with E-state index in [1.165, 1.54) is 0 Å². The number of methoxy groups -OCH3 is 1. The van der Waals surface area contributed by atoms with Crippen molar-refractivity contribution in [1.82, 2.24) is 4.90 Å². The van der Waals surface area contributed by atoms with E-state index in [1.807, 2.05) is 0 Å². The van der Waals surface area contributed by atoms with Crippen LogP contribution in [0.15, 0.2) is 0 Å². The van der Waals surface area contributed by atoms with Gasteiger partial charge in [0, 0.05) is 26.7 Å². The lowest BCUT2D eigenvalue weighted by Gasteiger charge is -2.40. The van der Waals surface area contributed by atoms with Crippen molar-refractivity contribution in [1.29, 1.82) is 0 Å². The van der Waals surface area contributed by atoms with Gasteiger partial charge in [-0.1, -0.05) is 6.92 Å². The van der Waals surface area contributed by atoms with Crippen LogP contribution in [0.25, 0.3) is 0 Å². The zero-order valence-electron chi connectivity index (χ0n) is 8.95. The van der Waals surface area contributed by atoms with Gasteiger partial charge in [0.1, 0.15) is 0 Å². The maximum Gasteiger partial charge on any atom is 0.0832 e. The summed E-state index contributed by atoms with van der Waals surface area (Å²) in [6.45, 7) is 8.32. The quantitative estimate of drug-likeness (QED) is 0.622. The Morgan fingerprint density at radius 2 is 2.15 bits per heavy atom. The minimum Gasteiger partial charge on any atom is -0.383 e. The summed E-state index contributed by atoms with van der Waals surface area (Å²) in [4.78, 5) is 2.36. The van der Waals surface area contributed by atoms with Crippen molar-refractivity contribution in [2.75, 3.05) is 33.4 Å². The van der Waals surface area contributed by atoms with Crippen LogP contribution in [-0.4, -0.2) is 50.5 Å². The summed E-state index contributed by atoms with van der Waals surface area (Å²) >= 11 is 0. The first-order valence-corrected chi connectivity index (χ1v) is 5.13. The standard InChI is InChI=1S/C10H21NO2/c1-4-9(2)13-10-7-11(8-10)5-6-12-3/h9-10H,4-8H2,1-3H3. The number of nitrogens with zero attached hydrogens (tertiary/aromatic N) is 1. The molecule has 0 bridgehead atoms. The summed E-state index contributed by atoms with van der Waals surface area (Å²) in [7, 11) is 1.74. The summed E-state index contributed by atoms with van der Waals surface area (Å²) < 4.78 is 10.8. The molecule has 3 nitrogen and oxygen atoms in total. The van der Waals surface area contributed by atoms with Gasteiger partial charge in [0.05, 0.1) is 18.8 Å². The molecule has 0 aliphatic carbocycles. The summed E-state index contributed by atoms with van der Waals surface area (Å²) in [5.41, 5.74) is 0. The van der Waals surface area contributed by atoms with E-state index < -0.39 is 0 Å². The van der Waals surface area contributed by atoms with Gasteiger partial charge in [0.2, 0.25) is 0 Å². The molecular weight excluding hydrogens is 166 g/mol. The van der Waals surface area contributed by atoms with Gasteiger partial charge < -0.3 is 9.47 Å². The van der Waals surface area contributed by atoms with Gasteiger partial charge in [-0.15, -0.1) is 0 Å². The summed E-state index contributed by atoms with van der Waals surface area (Å²) in [6.07, 6.45) is 1.98. The molecule has 1 saturated heterocycles. The third kappa shape index (κ3) is 3.63. The van der Waals surface area contributed by atoms with E-state index in [0.29, 0.717) is 12.2 Å². The van der Waals surface area contributed by atoms with Crippen molar-refractivity contribution in [3.05, 3.63) is 0 Å². The lowest BCUT2D eigenvalue weighted by molar-refractivity contribution is -0.0906. The first-order chi connectivity index (χ1) is 6.26. The van der Waals surface area contributed by atoms with E-state index in [1.54, 1.807) is 7.11 Å². The third-order valence-corrected chi connectivity index (χ3v) is 2.53. The molecule has 0 aromatic carbocycles. The number of hydrogen-bond donors (Lipinski definition) is 0. The average Bonchev–Trinajstić information content (AvgIpc) is 2.08. The molecule has 0 aromatic heterocycles. The predicted octanol–water partition coefficient (Wildman–Crippen LogP) is 1.13. The van der Waals surface area contributed by atoms with E-state index in [9.17, 15) is 0 Å². The van der Waals surface area contributed by atoms with Crippen molar-refractivity contribution >= 4 is 0 Å². The normalized spacial score (nSPS) is 21.5. The molecule has 1 rings (SSSR count). The van der Waals surface area contributed by atoms with Crippen LogP contribution in [0.3, 0.4) is 0 Å². The minimum atomic E-state index is 0.412. The molecule has 0 spiro atoms. The van der Waals surface area contributed by atoms with E-state index in [2.05, 4.69) is 18.7 Å². The smallest absolute Gasteiger partial charge is 0.0832 e. The van der Waals surface area contributed by atoms with Crippen LogP contribution in [0.5, 0.6) is 0 Å². The highest BCUT2D eigenvalue weighted by Crippen LogP contribution is 2.13. The average molecular weight is 187 g/mol. The molecule has 0 saturated carbocycles. The monoisotopic (exact) mass is 187 g/mol. The van der Waals surface area contributed by atoms with Crippen LogP contribution in [0.2, 0.25) is 0 Å². The molecule has 1 fully saturated rings. The molecule has 0 amide bonds. The molecule has 0 aromatic rings.